The topological polar surface area (TPSA) is 36.9 Å². The maximum Gasteiger partial charge on any atom is 0.114 e. The molecule has 4 unspecified atom stereocenters. The molecule has 0 N–H and O–H groups in total. The van der Waals surface area contributed by atoms with Crippen molar-refractivity contribution in [3.63, 3.8) is 0 Å². The van der Waals surface area contributed by atoms with Crippen LogP contribution >= 0.6 is 37.9 Å². The molecule has 8 heteroatoms. The molecule has 0 fully saturated rings. The highest BCUT2D eigenvalue weighted by molar-refractivity contribution is 7.10. The summed E-state index contributed by atoms with van der Waals surface area (Å²) in [6.45, 7) is 4.68. The Labute approximate surface area is 107 Å². The average Bonchev–Trinajstić information content (AvgIpc) is 2.29. The number of hydrogen-bond donors (Lipinski definition) is 0. The molecule has 0 aliphatic heterocycles. The van der Waals surface area contributed by atoms with Crippen molar-refractivity contribution in [2.24, 2.45) is 5.92 Å². The Kier molecular flexibility index (Phi) is 11.5. The van der Waals surface area contributed by atoms with Crippen molar-refractivity contribution in [3.8, 4) is 0 Å². The van der Waals surface area contributed by atoms with E-state index in [4.69, 9.17) is 18.1 Å². The molecule has 8 atom stereocenters. The summed E-state index contributed by atoms with van der Waals surface area (Å²) >= 11 is 0. The zero-order chi connectivity index (χ0) is 12.6. The van der Waals surface area contributed by atoms with Crippen LogP contribution in [-0.4, -0.2) is 24.9 Å². The molecule has 16 heavy (non-hydrogen) atoms. The molecule has 98 valence electrons. The molecule has 0 aliphatic rings. The summed E-state index contributed by atoms with van der Waals surface area (Å²) in [5.74, 6) is 0.203. The lowest BCUT2D eigenvalue weighted by Gasteiger charge is -2.33. The van der Waals surface area contributed by atoms with Crippen molar-refractivity contribution in [2.45, 2.75) is 38.6 Å². The largest absolute Gasteiger partial charge is 0.365 e. The summed E-state index contributed by atoms with van der Waals surface area (Å²) < 4.78 is 21.1. The van der Waals surface area contributed by atoms with Crippen LogP contribution in [0.5, 0.6) is 0 Å². The molecule has 0 spiro atoms. The van der Waals surface area contributed by atoms with Gasteiger partial charge in [-0.25, -0.2) is 0 Å². The van der Waals surface area contributed by atoms with Crippen LogP contribution < -0.4 is 0 Å². The van der Waals surface area contributed by atoms with Crippen molar-refractivity contribution >= 4 is 37.9 Å². The predicted molar refractivity (Wildman–Crippen MR) is 78.9 cm³/mol. The van der Waals surface area contributed by atoms with E-state index in [1.165, 1.54) is 0 Å². The van der Waals surface area contributed by atoms with Gasteiger partial charge in [0.1, 0.15) is 6.10 Å². The predicted octanol–water partition coefficient (Wildman–Crippen LogP) is 2.37. The monoisotopic (exact) mass is 306 g/mol. The highest BCUT2D eigenvalue weighted by Crippen LogP contribution is 2.26. The second kappa shape index (κ2) is 10.5. The van der Waals surface area contributed by atoms with Crippen LogP contribution in [0.1, 0.15) is 20.3 Å². The van der Waals surface area contributed by atoms with Gasteiger partial charge >= 0.3 is 0 Å². The van der Waals surface area contributed by atoms with Gasteiger partial charge in [0, 0.05) is 43.8 Å². The van der Waals surface area contributed by atoms with Gasteiger partial charge in [0.25, 0.3) is 0 Å². The Morgan fingerprint density at radius 3 is 1.81 bits per heavy atom. The minimum absolute atomic E-state index is 0.0278. The lowest BCUT2D eigenvalue weighted by atomic mass is 9.96. The van der Waals surface area contributed by atoms with Gasteiger partial charge in [-0.05, 0) is 6.42 Å². The fourth-order valence-corrected chi connectivity index (χ4v) is 2.97. The van der Waals surface area contributed by atoms with Gasteiger partial charge < -0.3 is 18.1 Å². The van der Waals surface area contributed by atoms with Crippen LogP contribution in [0.4, 0.5) is 0 Å². The Balaban J connectivity index is 4.59. The third-order valence-electron chi connectivity index (χ3n) is 2.50. The zero-order valence-electron chi connectivity index (χ0n) is 9.67. The van der Waals surface area contributed by atoms with Crippen LogP contribution in [0, 0.1) is 5.92 Å². The standard InChI is InChI=1S/C8H22O4P4/c1-3-6(10-14)8(12-16)7(11-15)5(2)4-9-13/h5-8H,3-4,13-16H2,1-2H3/t5-,6+,7+,8-/m1/s1. The molecular weight excluding hydrogens is 284 g/mol. The average molecular weight is 306 g/mol. The SMILES string of the molecule is CC[C@H](OP)[C@@H](OP)[C@@H](OP)[C@H](C)COP. The van der Waals surface area contributed by atoms with E-state index in [-0.39, 0.29) is 24.2 Å². The fraction of sp³-hybridized carbons (Fsp3) is 1.00. The van der Waals surface area contributed by atoms with Crippen LogP contribution in [0.2, 0.25) is 0 Å². The Bertz CT molecular complexity index is 170. The zero-order valence-corrected chi connectivity index (χ0v) is 14.3. The molecular formula is C8H22O4P4. The van der Waals surface area contributed by atoms with Gasteiger partial charge in [-0.2, -0.15) is 0 Å². The number of rotatable bonds is 9. The second-order valence-corrected chi connectivity index (χ2v) is 4.74. The van der Waals surface area contributed by atoms with E-state index >= 15 is 0 Å². The lowest BCUT2D eigenvalue weighted by Crippen LogP contribution is -2.43. The molecule has 0 rings (SSSR count). The van der Waals surface area contributed by atoms with Crippen molar-refractivity contribution in [1.82, 2.24) is 0 Å². The molecule has 0 saturated heterocycles. The molecule has 0 amide bonds. The quantitative estimate of drug-likeness (QED) is 0.613. The Morgan fingerprint density at radius 2 is 1.50 bits per heavy atom. The van der Waals surface area contributed by atoms with Gasteiger partial charge in [-0.3, -0.25) is 0 Å². The van der Waals surface area contributed by atoms with Crippen LogP contribution in [0.3, 0.4) is 0 Å². The van der Waals surface area contributed by atoms with Crippen LogP contribution in [0.15, 0.2) is 0 Å². The van der Waals surface area contributed by atoms with Crippen molar-refractivity contribution in [1.29, 1.82) is 0 Å². The molecule has 0 saturated carbocycles. The molecule has 0 aliphatic carbocycles. The van der Waals surface area contributed by atoms with E-state index in [0.717, 1.165) is 6.42 Å². The molecule has 0 aromatic carbocycles. The van der Waals surface area contributed by atoms with E-state index in [1.54, 1.807) is 0 Å². The van der Waals surface area contributed by atoms with Crippen molar-refractivity contribution in [3.05, 3.63) is 0 Å². The smallest absolute Gasteiger partial charge is 0.114 e. The molecule has 0 bridgehead atoms. The Morgan fingerprint density at radius 1 is 0.938 bits per heavy atom. The first-order valence-corrected chi connectivity index (χ1v) is 6.93. The highest BCUT2D eigenvalue weighted by atomic mass is 31.0. The maximum absolute atomic E-state index is 5.40. The van der Waals surface area contributed by atoms with Crippen molar-refractivity contribution < 1.29 is 18.1 Å². The van der Waals surface area contributed by atoms with E-state index in [2.05, 4.69) is 37.9 Å². The fourth-order valence-electron chi connectivity index (χ4n) is 1.56. The molecule has 0 aromatic rings. The summed E-state index contributed by atoms with van der Waals surface area (Å²) in [4.78, 5) is 0. The summed E-state index contributed by atoms with van der Waals surface area (Å²) in [6, 6.07) is 0. The Hall–Kier alpha value is 1.56. The van der Waals surface area contributed by atoms with Gasteiger partial charge in [0.15, 0.2) is 0 Å². The van der Waals surface area contributed by atoms with Gasteiger partial charge in [0.05, 0.1) is 18.8 Å². The normalized spacial score (nSPS) is 19.1. The van der Waals surface area contributed by atoms with Crippen LogP contribution in [-0.2, 0) is 18.1 Å². The summed E-state index contributed by atoms with van der Waals surface area (Å²) in [7, 11) is 9.07. The maximum atomic E-state index is 5.40. The second-order valence-electron chi connectivity index (χ2n) is 3.59. The lowest BCUT2D eigenvalue weighted by molar-refractivity contribution is -0.0290. The molecule has 0 radical (unpaired) electrons. The third kappa shape index (κ3) is 5.47. The van der Waals surface area contributed by atoms with E-state index < -0.39 is 0 Å². The summed E-state index contributed by atoms with van der Waals surface area (Å²) in [5, 5.41) is 0. The minimum Gasteiger partial charge on any atom is -0.365 e. The van der Waals surface area contributed by atoms with Crippen molar-refractivity contribution in [2.75, 3.05) is 6.61 Å². The molecule has 0 aromatic heterocycles. The summed E-state index contributed by atoms with van der Waals surface area (Å²) in [5.41, 5.74) is 0. The van der Waals surface area contributed by atoms with Gasteiger partial charge in [-0.15, -0.1) is 0 Å². The van der Waals surface area contributed by atoms with Crippen LogP contribution in [0.25, 0.3) is 0 Å². The van der Waals surface area contributed by atoms with Gasteiger partial charge in [0.2, 0.25) is 0 Å². The first kappa shape index (κ1) is 17.6. The van der Waals surface area contributed by atoms with Gasteiger partial charge in [-0.1, -0.05) is 13.8 Å². The first-order valence-electron chi connectivity index (χ1n) is 5.04. The number of hydrogen-bond acceptors (Lipinski definition) is 4. The highest BCUT2D eigenvalue weighted by Gasteiger charge is 2.33. The van der Waals surface area contributed by atoms with E-state index in [1.807, 2.05) is 13.8 Å². The molecule has 4 nitrogen and oxygen atoms in total. The van der Waals surface area contributed by atoms with E-state index in [0.29, 0.717) is 6.61 Å². The third-order valence-corrected chi connectivity index (χ3v) is 3.67. The minimum atomic E-state index is -0.153. The first-order chi connectivity index (χ1) is 7.65. The van der Waals surface area contributed by atoms with E-state index in [9.17, 15) is 0 Å². The summed E-state index contributed by atoms with van der Waals surface area (Å²) in [6.07, 6.45) is 0.565. The molecule has 0 heterocycles.